The Hall–Kier alpha value is -3.42. The van der Waals surface area contributed by atoms with E-state index in [1.807, 2.05) is 37.3 Å². The van der Waals surface area contributed by atoms with Crippen LogP contribution in [0, 0.1) is 6.92 Å². The maximum atomic E-state index is 12.1. The first-order chi connectivity index (χ1) is 12.0. The van der Waals surface area contributed by atoms with Gasteiger partial charge in [0.25, 0.3) is 0 Å². The van der Waals surface area contributed by atoms with Crippen molar-refractivity contribution in [3.63, 3.8) is 0 Å². The van der Waals surface area contributed by atoms with Crippen LogP contribution in [0.2, 0.25) is 0 Å². The minimum atomic E-state index is -1.08. The Morgan fingerprint density at radius 1 is 1.24 bits per heavy atom. The normalized spacial score (nSPS) is 10.6. The van der Waals surface area contributed by atoms with Gasteiger partial charge in [0.15, 0.2) is 5.82 Å². The summed E-state index contributed by atoms with van der Waals surface area (Å²) in [6, 6.07) is 11.7. The second-order valence-electron chi connectivity index (χ2n) is 5.59. The topological polar surface area (TPSA) is 102 Å². The Labute approximate surface area is 143 Å². The number of nitrogens with zero attached hydrogens (tertiary/aromatic N) is 4. The maximum absolute atomic E-state index is 12.1. The summed E-state index contributed by atoms with van der Waals surface area (Å²) in [5, 5.41) is 19.8. The average molecular weight is 339 g/mol. The summed E-state index contributed by atoms with van der Waals surface area (Å²) < 4.78 is 3.08. The maximum Gasteiger partial charge on any atom is 0.338 e. The standard InChI is InChI=1S/C17H17N5O3/c1-12-7-15(20-22(12)9-13-5-3-2-4-6-13)19-16(23)11-21-10-14(8-18-21)17(24)25/h2-8,10H,9,11H2,1H3,(H,24,25)(H,19,20,23). The molecule has 0 spiro atoms. The summed E-state index contributed by atoms with van der Waals surface area (Å²) in [5.74, 6) is -0.963. The quantitative estimate of drug-likeness (QED) is 0.712. The van der Waals surface area contributed by atoms with Crippen molar-refractivity contribution in [2.45, 2.75) is 20.0 Å². The van der Waals surface area contributed by atoms with E-state index in [1.54, 1.807) is 10.7 Å². The molecule has 0 aliphatic heterocycles. The predicted octanol–water partition coefficient (Wildman–Crippen LogP) is 1.77. The molecule has 2 N–H and O–H groups in total. The molecule has 0 saturated carbocycles. The first-order valence-electron chi connectivity index (χ1n) is 7.65. The number of carbonyl (C=O) groups is 2. The smallest absolute Gasteiger partial charge is 0.338 e. The van der Waals surface area contributed by atoms with Crippen LogP contribution < -0.4 is 5.32 Å². The van der Waals surface area contributed by atoms with Gasteiger partial charge in [-0.15, -0.1) is 0 Å². The molecule has 25 heavy (non-hydrogen) atoms. The number of aromatic nitrogens is 4. The third kappa shape index (κ3) is 4.11. The van der Waals surface area contributed by atoms with Crippen LogP contribution in [-0.2, 0) is 17.9 Å². The molecule has 8 heteroatoms. The number of benzene rings is 1. The number of carboxylic acids is 1. The van der Waals surface area contributed by atoms with E-state index in [0.29, 0.717) is 12.4 Å². The highest BCUT2D eigenvalue weighted by atomic mass is 16.4. The zero-order chi connectivity index (χ0) is 17.8. The lowest BCUT2D eigenvalue weighted by molar-refractivity contribution is -0.116. The van der Waals surface area contributed by atoms with Crippen molar-refractivity contribution in [2.75, 3.05) is 5.32 Å². The zero-order valence-corrected chi connectivity index (χ0v) is 13.6. The number of anilines is 1. The molecule has 2 heterocycles. The van der Waals surface area contributed by atoms with Gasteiger partial charge in [0.1, 0.15) is 6.54 Å². The molecule has 128 valence electrons. The van der Waals surface area contributed by atoms with Gasteiger partial charge in [-0.25, -0.2) is 4.79 Å². The molecule has 0 bridgehead atoms. The molecule has 0 aliphatic carbocycles. The Morgan fingerprint density at radius 3 is 2.68 bits per heavy atom. The molecule has 0 unspecified atom stereocenters. The largest absolute Gasteiger partial charge is 0.478 e. The number of carboxylic acid groups (broad SMARTS) is 1. The van der Waals surface area contributed by atoms with Gasteiger partial charge in [0.05, 0.1) is 18.3 Å². The van der Waals surface area contributed by atoms with Crippen molar-refractivity contribution >= 4 is 17.7 Å². The predicted molar refractivity (Wildman–Crippen MR) is 90.3 cm³/mol. The number of hydrogen-bond acceptors (Lipinski definition) is 4. The highest BCUT2D eigenvalue weighted by molar-refractivity contribution is 5.90. The molecular formula is C17H17N5O3. The van der Waals surface area contributed by atoms with Crippen molar-refractivity contribution in [1.82, 2.24) is 19.6 Å². The van der Waals surface area contributed by atoms with Gasteiger partial charge < -0.3 is 10.4 Å². The third-order valence-electron chi connectivity index (χ3n) is 3.61. The van der Waals surface area contributed by atoms with Crippen molar-refractivity contribution in [1.29, 1.82) is 0 Å². The van der Waals surface area contributed by atoms with E-state index in [4.69, 9.17) is 5.11 Å². The van der Waals surface area contributed by atoms with Crippen LogP contribution in [-0.4, -0.2) is 36.5 Å². The summed E-state index contributed by atoms with van der Waals surface area (Å²) in [5.41, 5.74) is 2.08. The van der Waals surface area contributed by atoms with Gasteiger partial charge >= 0.3 is 5.97 Å². The van der Waals surface area contributed by atoms with Crippen molar-refractivity contribution in [2.24, 2.45) is 0 Å². The summed E-state index contributed by atoms with van der Waals surface area (Å²) in [4.78, 5) is 22.9. The highest BCUT2D eigenvalue weighted by Crippen LogP contribution is 2.11. The molecule has 1 amide bonds. The highest BCUT2D eigenvalue weighted by Gasteiger charge is 2.11. The minimum Gasteiger partial charge on any atom is -0.478 e. The summed E-state index contributed by atoms with van der Waals surface area (Å²) >= 11 is 0. The zero-order valence-electron chi connectivity index (χ0n) is 13.6. The van der Waals surface area contributed by atoms with Gasteiger partial charge in [0, 0.05) is 18.0 Å². The molecule has 1 aromatic carbocycles. The van der Waals surface area contributed by atoms with Gasteiger partial charge in [-0.1, -0.05) is 30.3 Å². The summed E-state index contributed by atoms with van der Waals surface area (Å²) in [6.07, 6.45) is 2.51. The summed E-state index contributed by atoms with van der Waals surface area (Å²) in [6.45, 7) is 2.44. The fourth-order valence-electron chi connectivity index (χ4n) is 2.38. The molecule has 0 aliphatic rings. The first kappa shape index (κ1) is 16.4. The molecule has 0 saturated heterocycles. The van der Waals surface area contributed by atoms with Crippen LogP contribution in [0.5, 0.6) is 0 Å². The van der Waals surface area contributed by atoms with Gasteiger partial charge in [-0.05, 0) is 12.5 Å². The first-order valence-corrected chi connectivity index (χ1v) is 7.65. The van der Waals surface area contributed by atoms with Crippen LogP contribution in [0.1, 0.15) is 21.6 Å². The average Bonchev–Trinajstić information content (AvgIpc) is 3.16. The molecule has 8 nitrogen and oxygen atoms in total. The monoisotopic (exact) mass is 339 g/mol. The summed E-state index contributed by atoms with van der Waals surface area (Å²) in [7, 11) is 0. The van der Waals surface area contributed by atoms with E-state index in [1.165, 1.54) is 17.1 Å². The Balaban J connectivity index is 1.63. The van der Waals surface area contributed by atoms with Crippen molar-refractivity contribution < 1.29 is 14.7 Å². The second-order valence-corrected chi connectivity index (χ2v) is 5.59. The van der Waals surface area contributed by atoms with Gasteiger partial charge in [0.2, 0.25) is 5.91 Å². The fourth-order valence-corrected chi connectivity index (χ4v) is 2.38. The SMILES string of the molecule is Cc1cc(NC(=O)Cn2cc(C(=O)O)cn2)nn1Cc1ccccc1. The number of nitrogens with one attached hydrogen (secondary N) is 1. The Kier molecular flexibility index (Phi) is 4.60. The van der Waals surface area contributed by atoms with Crippen LogP contribution >= 0.6 is 0 Å². The molecular weight excluding hydrogens is 322 g/mol. The lowest BCUT2D eigenvalue weighted by atomic mass is 10.2. The van der Waals surface area contributed by atoms with Crippen LogP contribution in [0.3, 0.4) is 0 Å². The van der Waals surface area contributed by atoms with Gasteiger partial charge in [-0.2, -0.15) is 10.2 Å². The number of aromatic carboxylic acids is 1. The Bertz CT molecular complexity index is 898. The molecule has 3 rings (SSSR count). The van der Waals surface area contributed by atoms with Crippen LogP contribution in [0.4, 0.5) is 5.82 Å². The van der Waals surface area contributed by atoms with E-state index in [2.05, 4.69) is 15.5 Å². The lowest BCUT2D eigenvalue weighted by Gasteiger charge is -2.04. The molecule has 2 aromatic heterocycles. The number of carbonyl (C=O) groups excluding carboxylic acids is 1. The van der Waals surface area contributed by atoms with E-state index in [9.17, 15) is 9.59 Å². The third-order valence-corrected chi connectivity index (χ3v) is 3.61. The van der Waals surface area contributed by atoms with Gasteiger partial charge in [-0.3, -0.25) is 14.2 Å². The van der Waals surface area contributed by atoms with E-state index in [0.717, 1.165) is 11.3 Å². The Morgan fingerprint density at radius 2 is 2.00 bits per heavy atom. The van der Waals surface area contributed by atoms with Crippen LogP contribution in [0.25, 0.3) is 0 Å². The fraction of sp³-hybridized carbons (Fsp3) is 0.176. The minimum absolute atomic E-state index is 0.0378. The van der Waals surface area contributed by atoms with E-state index < -0.39 is 5.97 Å². The molecule has 0 atom stereocenters. The molecule has 0 fully saturated rings. The second kappa shape index (κ2) is 7.00. The number of rotatable bonds is 6. The van der Waals surface area contributed by atoms with E-state index in [-0.39, 0.29) is 18.0 Å². The number of hydrogen-bond donors (Lipinski definition) is 2. The van der Waals surface area contributed by atoms with Crippen LogP contribution in [0.15, 0.2) is 48.8 Å². The lowest BCUT2D eigenvalue weighted by Crippen LogP contribution is -2.19. The molecule has 0 radical (unpaired) electrons. The van der Waals surface area contributed by atoms with Crippen molar-refractivity contribution in [3.05, 3.63) is 65.6 Å². The van der Waals surface area contributed by atoms with Crippen molar-refractivity contribution in [3.8, 4) is 0 Å². The van der Waals surface area contributed by atoms with E-state index >= 15 is 0 Å². The number of aryl methyl sites for hydroxylation is 1. The number of amides is 1. The molecule has 3 aromatic rings.